The van der Waals surface area contributed by atoms with Gasteiger partial charge in [0.2, 0.25) is 0 Å². The molecule has 17 heavy (non-hydrogen) atoms. The molecule has 0 radical (unpaired) electrons. The van der Waals surface area contributed by atoms with Crippen molar-refractivity contribution < 1.29 is 4.39 Å². The third kappa shape index (κ3) is 1.58. The number of hydrogen-bond donors (Lipinski definition) is 0. The minimum absolute atomic E-state index is 0.277. The number of nitrogens with zero attached hydrogens (tertiary/aromatic N) is 3. The van der Waals surface area contributed by atoms with Crippen LogP contribution < -0.4 is 0 Å². The van der Waals surface area contributed by atoms with E-state index in [-0.39, 0.29) is 5.82 Å². The van der Waals surface area contributed by atoms with Crippen molar-refractivity contribution in [1.82, 2.24) is 14.5 Å². The molecule has 0 aliphatic heterocycles. The predicted octanol–water partition coefficient (Wildman–Crippen LogP) is 2.87. The Morgan fingerprint density at radius 1 is 1.18 bits per heavy atom. The smallest absolute Gasteiger partial charge is 0.147 e. The van der Waals surface area contributed by atoms with E-state index >= 15 is 0 Å². The van der Waals surface area contributed by atoms with Crippen LogP contribution in [0.1, 0.15) is 5.69 Å². The van der Waals surface area contributed by atoms with Gasteiger partial charge in [0.25, 0.3) is 0 Å². The normalized spacial score (nSPS) is 10.9. The molecule has 0 N–H and O–H groups in total. The maximum atomic E-state index is 13.9. The molecule has 0 saturated carbocycles. The fourth-order valence-electron chi connectivity index (χ4n) is 1.92. The number of fused-ring (bicyclic) bond motifs is 1. The fraction of sp³-hybridized carbons (Fsp3) is 0.0769. The molecule has 3 rings (SSSR count). The number of aromatic nitrogens is 3. The van der Waals surface area contributed by atoms with Crippen molar-refractivity contribution in [3.05, 3.63) is 54.5 Å². The zero-order chi connectivity index (χ0) is 11.8. The Hall–Kier alpha value is -2.23. The number of imidazole rings is 1. The molecule has 0 fully saturated rings. The first-order valence-corrected chi connectivity index (χ1v) is 5.30. The van der Waals surface area contributed by atoms with Crippen LogP contribution in [0, 0.1) is 12.7 Å². The summed E-state index contributed by atoms with van der Waals surface area (Å²) in [5.74, 6) is -0.277. The standard InChI is InChI=1S/C13H10FN3/c1-9-2-3-10-12(16-9)5-4-11(14)13(10)17-7-6-15-8-17/h2-8H,1H3. The van der Waals surface area contributed by atoms with Crippen LogP contribution in [0.4, 0.5) is 4.39 Å². The highest BCUT2D eigenvalue weighted by Crippen LogP contribution is 2.24. The summed E-state index contributed by atoms with van der Waals surface area (Å²) in [6, 6.07) is 6.89. The molecule has 0 spiro atoms. The predicted molar refractivity (Wildman–Crippen MR) is 63.6 cm³/mol. The summed E-state index contributed by atoms with van der Waals surface area (Å²) in [5, 5.41) is 0.786. The number of rotatable bonds is 1. The van der Waals surface area contributed by atoms with Crippen molar-refractivity contribution in [1.29, 1.82) is 0 Å². The largest absolute Gasteiger partial charge is 0.303 e. The zero-order valence-electron chi connectivity index (χ0n) is 9.26. The van der Waals surface area contributed by atoms with Gasteiger partial charge < -0.3 is 4.57 Å². The first-order chi connectivity index (χ1) is 8.25. The third-order valence-electron chi connectivity index (χ3n) is 2.70. The molecule has 0 amide bonds. The van der Waals surface area contributed by atoms with Gasteiger partial charge in [0.1, 0.15) is 5.82 Å². The molecule has 4 heteroatoms. The van der Waals surface area contributed by atoms with E-state index < -0.39 is 0 Å². The molecular formula is C13H10FN3. The van der Waals surface area contributed by atoms with E-state index in [4.69, 9.17) is 0 Å². The molecule has 0 atom stereocenters. The molecule has 0 saturated heterocycles. The van der Waals surface area contributed by atoms with Crippen LogP contribution in [0.5, 0.6) is 0 Å². The van der Waals surface area contributed by atoms with Gasteiger partial charge in [-0.3, -0.25) is 4.98 Å². The quantitative estimate of drug-likeness (QED) is 0.640. The summed E-state index contributed by atoms with van der Waals surface area (Å²) in [6.45, 7) is 1.92. The number of aryl methyl sites for hydroxylation is 1. The molecule has 84 valence electrons. The minimum Gasteiger partial charge on any atom is -0.303 e. The van der Waals surface area contributed by atoms with Crippen molar-refractivity contribution in [2.75, 3.05) is 0 Å². The lowest BCUT2D eigenvalue weighted by molar-refractivity contribution is 0.620. The summed E-state index contributed by atoms with van der Waals surface area (Å²) in [7, 11) is 0. The lowest BCUT2D eigenvalue weighted by Crippen LogP contribution is -1.97. The number of halogens is 1. The van der Waals surface area contributed by atoms with E-state index in [9.17, 15) is 4.39 Å². The van der Waals surface area contributed by atoms with Crippen LogP contribution in [0.15, 0.2) is 43.0 Å². The highest BCUT2D eigenvalue weighted by Gasteiger charge is 2.09. The molecule has 1 aromatic carbocycles. The molecule has 3 aromatic rings. The van der Waals surface area contributed by atoms with E-state index in [1.165, 1.54) is 6.07 Å². The van der Waals surface area contributed by atoms with Gasteiger partial charge in [-0.1, -0.05) is 0 Å². The van der Waals surface area contributed by atoms with Crippen LogP contribution in [0.25, 0.3) is 16.6 Å². The van der Waals surface area contributed by atoms with Gasteiger partial charge in [0.15, 0.2) is 0 Å². The van der Waals surface area contributed by atoms with Crippen molar-refractivity contribution in [3.63, 3.8) is 0 Å². The summed E-state index contributed by atoms with van der Waals surface area (Å²) in [5.41, 5.74) is 2.20. The van der Waals surface area contributed by atoms with E-state index in [1.54, 1.807) is 29.4 Å². The lowest BCUT2D eigenvalue weighted by atomic mass is 10.1. The molecule has 0 unspecified atom stereocenters. The Morgan fingerprint density at radius 3 is 2.82 bits per heavy atom. The van der Waals surface area contributed by atoms with Crippen LogP contribution in [-0.4, -0.2) is 14.5 Å². The second kappa shape index (κ2) is 3.66. The summed E-state index contributed by atoms with van der Waals surface area (Å²) in [4.78, 5) is 8.33. The zero-order valence-corrected chi connectivity index (χ0v) is 9.26. The lowest BCUT2D eigenvalue weighted by Gasteiger charge is -2.08. The average molecular weight is 227 g/mol. The van der Waals surface area contributed by atoms with Crippen molar-refractivity contribution in [2.45, 2.75) is 6.92 Å². The van der Waals surface area contributed by atoms with E-state index in [0.29, 0.717) is 5.69 Å². The van der Waals surface area contributed by atoms with Gasteiger partial charge in [-0.15, -0.1) is 0 Å². The van der Waals surface area contributed by atoms with Crippen LogP contribution in [-0.2, 0) is 0 Å². The van der Waals surface area contributed by atoms with Crippen molar-refractivity contribution in [3.8, 4) is 5.69 Å². The monoisotopic (exact) mass is 227 g/mol. The molecule has 2 aromatic heterocycles. The van der Waals surface area contributed by atoms with E-state index in [0.717, 1.165) is 16.6 Å². The highest BCUT2D eigenvalue weighted by molar-refractivity contribution is 5.87. The van der Waals surface area contributed by atoms with Gasteiger partial charge in [-0.05, 0) is 31.2 Å². The van der Waals surface area contributed by atoms with Gasteiger partial charge in [0.05, 0.1) is 17.5 Å². The summed E-state index contributed by atoms with van der Waals surface area (Å²) < 4.78 is 15.6. The minimum atomic E-state index is -0.277. The average Bonchev–Trinajstić information content (AvgIpc) is 2.82. The molecule has 3 nitrogen and oxygen atoms in total. The van der Waals surface area contributed by atoms with Gasteiger partial charge in [0, 0.05) is 23.5 Å². The second-order valence-corrected chi connectivity index (χ2v) is 3.89. The van der Waals surface area contributed by atoms with Crippen LogP contribution >= 0.6 is 0 Å². The maximum absolute atomic E-state index is 13.9. The third-order valence-corrected chi connectivity index (χ3v) is 2.70. The summed E-state index contributed by atoms with van der Waals surface area (Å²) >= 11 is 0. The van der Waals surface area contributed by atoms with Crippen molar-refractivity contribution in [2.24, 2.45) is 0 Å². The Kier molecular flexibility index (Phi) is 2.14. The van der Waals surface area contributed by atoms with Crippen LogP contribution in [0.2, 0.25) is 0 Å². The van der Waals surface area contributed by atoms with Gasteiger partial charge in [-0.2, -0.15) is 0 Å². The SMILES string of the molecule is Cc1ccc2c(-n3ccnc3)c(F)ccc2n1. The number of hydrogen-bond acceptors (Lipinski definition) is 2. The van der Waals surface area contributed by atoms with Crippen molar-refractivity contribution >= 4 is 10.9 Å². The molecule has 0 aliphatic carbocycles. The van der Waals surface area contributed by atoms with E-state index in [1.807, 2.05) is 19.1 Å². The molecule has 0 aliphatic rings. The number of pyridine rings is 1. The first-order valence-electron chi connectivity index (χ1n) is 5.30. The second-order valence-electron chi connectivity index (χ2n) is 3.89. The Labute approximate surface area is 97.6 Å². The van der Waals surface area contributed by atoms with Gasteiger partial charge in [-0.25, -0.2) is 9.37 Å². The number of benzene rings is 1. The Morgan fingerprint density at radius 2 is 2.06 bits per heavy atom. The first kappa shape index (κ1) is 9.96. The maximum Gasteiger partial charge on any atom is 0.147 e. The van der Waals surface area contributed by atoms with E-state index in [2.05, 4.69) is 9.97 Å². The Balaban J connectivity index is 2.40. The van der Waals surface area contributed by atoms with Gasteiger partial charge >= 0.3 is 0 Å². The Bertz CT molecular complexity index is 674. The topological polar surface area (TPSA) is 30.7 Å². The highest BCUT2D eigenvalue weighted by atomic mass is 19.1. The molecular weight excluding hydrogens is 217 g/mol. The molecule has 2 heterocycles. The molecule has 0 bridgehead atoms. The summed E-state index contributed by atoms with van der Waals surface area (Å²) in [6.07, 6.45) is 4.93. The fourth-order valence-corrected chi connectivity index (χ4v) is 1.92. The van der Waals surface area contributed by atoms with Crippen LogP contribution in [0.3, 0.4) is 0 Å².